The standard InChI is InChI=1S/C12H20N2S/c1-12(5-2-3-11(12)13)9-14-7-10-4-6-15-8-10/h4,6,8,11,14H,2-3,5,7,9,13H2,1H3. The molecule has 1 fully saturated rings. The minimum absolute atomic E-state index is 0.315. The van der Waals surface area contributed by atoms with Crippen LogP contribution in [-0.2, 0) is 6.54 Å². The maximum absolute atomic E-state index is 6.13. The van der Waals surface area contributed by atoms with E-state index in [9.17, 15) is 0 Å². The van der Waals surface area contributed by atoms with E-state index < -0.39 is 0 Å². The van der Waals surface area contributed by atoms with Crippen molar-refractivity contribution in [3.05, 3.63) is 22.4 Å². The smallest absolute Gasteiger partial charge is 0.0213 e. The molecule has 3 N–H and O–H groups in total. The van der Waals surface area contributed by atoms with Crippen LogP contribution in [0.3, 0.4) is 0 Å². The topological polar surface area (TPSA) is 38.0 Å². The Labute approximate surface area is 95.9 Å². The molecule has 1 aliphatic rings. The minimum atomic E-state index is 0.315. The predicted molar refractivity (Wildman–Crippen MR) is 66.0 cm³/mol. The molecule has 1 saturated carbocycles. The normalized spacial score (nSPS) is 30.9. The molecule has 0 aliphatic heterocycles. The average Bonchev–Trinajstić information content (AvgIpc) is 2.79. The molecule has 0 aromatic carbocycles. The summed E-state index contributed by atoms with van der Waals surface area (Å²) in [5.74, 6) is 0. The van der Waals surface area contributed by atoms with E-state index >= 15 is 0 Å². The highest BCUT2D eigenvalue weighted by Crippen LogP contribution is 2.35. The SMILES string of the molecule is CC1(CNCc2ccsc2)CCCC1N. The highest BCUT2D eigenvalue weighted by Gasteiger charge is 2.35. The van der Waals surface area contributed by atoms with Crippen molar-refractivity contribution in [1.82, 2.24) is 5.32 Å². The van der Waals surface area contributed by atoms with Crippen LogP contribution in [0.1, 0.15) is 31.7 Å². The van der Waals surface area contributed by atoms with Gasteiger partial charge in [0.1, 0.15) is 0 Å². The number of nitrogens with one attached hydrogen (secondary N) is 1. The van der Waals surface area contributed by atoms with Gasteiger partial charge in [-0.05, 0) is 40.6 Å². The third-order valence-electron chi connectivity index (χ3n) is 3.60. The largest absolute Gasteiger partial charge is 0.327 e. The van der Waals surface area contributed by atoms with E-state index in [1.165, 1.54) is 24.8 Å². The molecule has 2 atom stereocenters. The van der Waals surface area contributed by atoms with E-state index in [4.69, 9.17) is 5.73 Å². The highest BCUT2D eigenvalue weighted by molar-refractivity contribution is 7.07. The van der Waals surface area contributed by atoms with Gasteiger partial charge in [-0.1, -0.05) is 13.3 Å². The van der Waals surface area contributed by atoms with Crippen molar-refractivity contribution >= 4 is 11.3 Å². The molecule has 2 unspecified atom stereocenters. The molecule has 2 rings (SSSR count). The molecule has 0 amide bonds. The molecular formula is C12H20N2S. The summed E-state index contributed by atoms with van der Waals surface area (Å²) in [7, 11) is 0. The first-order chi connectivity index (χ1) is 7.21. The van der Waals surface area contributed by atoms with Crippen molar-refractivity contribution in [2.75, 3.05) is 6.54 Å². The molecule has 0 bridgehead atoms. The van der Waals surface area contributed by atoms with Crippen LogP contribution in [0.5, 0.6) is 0 Å². The third-order valence-corrected chi connectivity index (χ3v) is 4.33. The molecule has 0 saturated heterocycles. The first-order valence-electron chi connectivity index (χ1n) is 5.68. The van der Waals surface area contributed by atoms with Gasteiger partial charge in [-0.15, -0.1) is 0 Å². The van der Waals surface area contributed by atoms with E-state index in [0.29, 0.717) is 11.5 Å². The second-order valence-electron chi connectivity index (χ2n) is 4.89. The molecule has 1 aliphatic carbocycles. The summed E-state index contributed by atoms with van der Waals surface area (Å²) in [4.78, 5) is 0. The van der Waals surface area contributed by atoms with Gasteiger partial charge >= 0.3 is 0 Å². The second-order valence-corrected chi connectivity index (χ2v) is 5.67. The summed E-state index contributed by atoms with van der Waals surface area (Å²) in [6.07, 6.45) is 3.75. The monoisotopic (exact) mass is 224 g/mol. The summed E-state index contributed by atoms with van der Waals surface area (Å²) < 4.78 is 0. The fraction of sp³-hybridized carbons (Fsp3) is 0.667. The van der Waals surface area contributed by atoms with Gasteiger partial charge in [0.05, 0.1) is 0 Å². The summed E-state index contributed by atoms with van der Waals surface area (Å²) in [5, 5.41) is 7.85. The Kier molecular flexibility index (Phi) is 3.44. The Bertz CT molecular complexity index is 297. The molecule has 1 aromatic heterocycles. The molecular weight excluding hydrogens is 204 g/mol. The van der Waals surface area contributed by atoms with Crippen LogP contribution in [0, 0.1) is 5.41 Å². The van der Waals surface area contributed by atoms with Crippen LogP contribution in [0.2, 0.25) is 0 Å². The van der Waals surface area contributed by atoms with Crippen molar-refractivity contribution < 1.29 is 0 Å². The van der Waals surface area contributed by atoms with E-state index in [-0.39, 0.29) is 0 Å². The third kappa shape index (κ3) is 2.60. The zero-order valence-electron chi connectivity index (χ0n) is 9.33. The van der Waals surface area contributed by atoms with Crippen molar-refractivity contribution in [3.63, 3.8) is 0 Å². The van der Waals surface area contributed by atoms with Gasteiger partial charge in [0, 0.05) is 19.1 Å². The summed E-state index contributed by atoms with van der Waals surface area (Å²) in [6.45, 7) is 4.33. The first kappa shape index (κ1) is 11.1. The molecule has 1 aromatic rings. The van der Waals surface area contributed by atoms with Crippen molar-refractivity contribution in [3.8, 4) is 0 Å². The van der Waals surface area contributed by atoms with Crippen molar-refractivity contribution in [1.29, 1.82) is 0 Å². The number of thiophene rings is 1. The lowest BCUT2D eigenvalue weighted by atomic mass is 9.85. The second kappa shape index (κ2) is 4.64. The lowest BCUT2D eigenvalue weighted by Crippen LogP contribution is -2.42. The summed E-state index contributed by atoms with van der Waals surface area (Å²) in [6, 6.07) is 2.56. The quantitative estimate of drug-likeness (QED) is 0.824. The first-order valence-corrected chi connectivity index (χ1v) is 6.62. The van der Waals surface area contributed by atoms with Crippen molar-refractivity contribution in [2.24, 2.45) is 11.1 Å². The van der Waals surface area contributed by atoms with Crippen LogP contribution >= 0.6 is 11.3 Å². The zero-order chi connectivity index (χ0) is 10.7. The van der Waals surface area contributed by atoms with E-state index in [1.54, 1.807) is 11.3 Å². The Morgan fingerprint density at radius 3 is 3.13 bits per heavy atom. The van der Waals surface area contributed by atoms with E-state index in [0.717, 1.165) is 13.1 Å². The molecule has 2 nitrogen and oxygen atoms in total. The van der Waals surface area contributed by atoms with Crippen molar-refractivity contribution in [2.45, 2.75) is 38.8 Å². The lowest BCUT2D eigenvalue weighted by Gasteiger charge is -2.29. The Morgan fingerprint density at radius 2 is 2.53 bits per heavy atom. The van der Waals surface area contributed by atoms with Gasteiger partial charge < -0.3 is 11.1 Å². The Hall–Kier alpha value is -0.380. The summed E-state index contributed by atoms with van der Waals surface area (Å²) >= 11 is 1.76. The van der Waals surface area contributed by atoms with Crippen LogP contribution in [0.15, 0.2) is 16.8 Å². The molecule has 1 heterocycles. The fourth-order valence-corrected chi connectivity index (χ4v) is 3.03. The van der Waals surface area contributed by atoms with Gasteiger partial charge in [-0.3, -0.25) is 0 Å². The number of rotatable bonds is 4. The van der Waals surface area contributed by atoms with Gasteiger partial charge in [0.15, 0.2) is 0 Å². The molecule has 15 heavy (non-hydrogen) atoms. The van der Waals surface area contributed by atoms with Gasteiger partial charge in [0.2, 0.25) is 0 Å². The maximum Gasteiger partial charge on any atom is 0.0213 e. The van der Waals surface area contributed by atoms with Gasteiger partial charge in [-0.25, -0.2) is 0 Å². The Morgan fingerprint density at radius 1 is 1.67 bits per heavy atom. The van der Waals surface area contributed by atoms with Crippen LogP contribution in [0.4, 0.5) is 0 Å². The van der Waals surface area contributed by atoms with Gasteiger partial charge in [-0.2, -0.15) is 11.3 Å². The Balaban J connectivity index is 1.78. The number of hydrogen-bond donors (Lipinski definition) is 2. The zero-order valence-corrected chi connectivity index (χ0v) is 10.1. The van der Waals surface area contributed by atoms with Gasteiger partial charge in [0.25, 0.3) is 0 Å². The van der Waals surface area contributed by atoms with Crippen LogP contribution < -0.4 is 11.1 Å². The lowest BCUT2D eigenvalue weighted by molar-refractivity contribution is 0.277. The predicted octanol–water partition coefficient (Wildman–Crippen LogP) is 2.36. The van der Waals surface area contributed by atoms with E-state index in [2.05, 4.69) is 29.1 Å². The highest BCUT2D eigenvalue weighted by atomic mass is 32.1. The van der Waals surface area contributed by atoms with E-state index in [1.807, 2.05) is 0 Å². The van der Waals surface area contributed by atoms with Crippen LogP contribution in [0.25, 0.3) is 0 Å². The maximum atomic E-state index is 6.13. The molecule has 84 valence electrons. The molecule has 0 spiro atoms. The number of hydrogen-bond acceptors (Lipinski definition) is 3. The summed E-state index contributed by atoms with van der Waals surface area (Å²) in [5.41, 5.74) is 7.83. The van der Waals surface area contributed by atoms with Crippen LogP contribution in [-0.4, -0.2) is 12.6 Å². The molecule has 0 radical (unpaired) electrons. The fourth-order valence-electron chi connectivity index (χ4n) is 2.36. The average molecular weight is 224 g/mol. The number of nitrogens with two attached hydrogens (primary N) is 1. The molecule has 3 heteroatoms. The minimum Gasteiger partial charge on any atom is -0.327 e.